The first kappa shape index (κ1) is 22.6. The molecular weight excluding hydrogens is 427 g/mol. The fraction of sp³-hybridized carbons (Fsp3) is 0.103. The van der Waals surface area contributed by atoms with Crippen LogP contribution in [0.15, 0.2) is 115 Å². The summed E-state index contributed by atoms with van der Waals surface area (Å²) in [5, 5.41) is 1.56. The molecule has 0 radical (unpaired) electrons. The molecule has 0 aliphatic carbocycles. The van der Waals surface area contributed by atoms with E-state index < -0.39 is 7.14 Å². The molecule has 4 aromatic carbocycles. The zero-order valence-electron chi connectivity index (χ0n) is 18.8. The molecule has 1 atom stereocenters. The van der Waals surface area contributed by atoms with Crippen molar-refractivity contribution < 1.29 is 14.0 Å². The van der Waals surface area contributed by atoms with Crippen LogP contribution in [-0.4, -0.2) is 14.2 Å². The first-order valence-electron chi connectivity index (χ1n) is 10.8. The van der Waals surface area contributed by atoms with Gasteiger partial charge in [0.2, 0.25) is 0 Å². The maximum atomic E-state index is 15.2. The predicted molar refractivity (Wildman–Crippen MR) is 138 cm³/mol. The van der Waals surface area contributed by atoms with E-state index in [-0.39, 0.29) is 5.66 Å². The topological polar surface area (TPSA) is 35.5 Å². The van der Waals surface area contributed by atoms with Crippen LogP contribution in [0.2, 0.25) is 0 Å². The highest BCUT2D eigenvalue weighted by molar-refractivity contribution is 7.79. The molecule has 0 amide bonds. The molecule has 33 heavy (non-hydrogen) atoms. The molecule has 3 nitrogen and oxygen atoms in total. The minimum atomic E-state index is -3.15. The molecule has 4 aromatic rings. The lowest BCUT2D eigenvalue weighted by Gasteiger charge is -2.27. The van der Waals surface area contributed by atoms with E-state index in [1.165, 1.54) is 0 Å². The maximum Gasteiger partial charge on any atom is 0.153 e. The first-order valence-corrected chi connectivity index (χ1v) is 12.6. The van der Waals surface area contributed by atoms with Crippen molar-refractivity contribution in [2.24, 2.45) is 0 Å². The van der Waals surface area contributed by atoms with Crippen LogP contribution in [0, 0.1) is 0 Å². The summed E-state index contributed by atoms with van der Waals surface area (Å²) >= 11 is 0. The van der Waals surface area contributed by atoms with Crippen molar-refractivity contribution in [1.82, 2.24) is 0 Å². The summed E-state index contributed by atoms with van der Waals surface area (Å²) < 4.78 is 25.9. The Morgan fingerprint density at radius 3 is 1.55 bits per heavy atom. The standard InChI is InChI=1S/C29H27O3P/c1-31-25-14-18-27(19-15-25)33(30,28-20-16-26(32-2)17-21-28)29(24-11-7-4-8-12-24)22-13-23-9-5-3-6-10-23/h3-22,29H,1-2H3. The Morgan fingerprint density at radius 1 is 0.636 bits per heavy atom. The van der Waals surface area contributed by atoms with Gasteiger partial charge in [0.1, 0.15) is 11.5 Å². The number of hydrogen-bond acceptors (Lipinski definition) is 3. The van der Waals surface area contributed by atoms with Crippen LogP contribution >= 0.6 is 7.14 Å². The third-order valence-corrected chi connectivity index (χ3v) is 9.10. The van der Waals surface area contributed by atoms with Gasteiger partial charge in [-0.15, -0.1) is 0 Å². The van der Waals surface area contributed by atoms with Crippen LogP contribution in [0.4, 0.5) is 0 Å². The lowest BCUT2D eigenvalue weighted by atomic mass is 10.1. The molecule has 0 N–H and O–H groups in total. The predicted octanol–water partition coefficient (Wildman–Crippen LogP) is 6.47. The second kappa shape index (κ2) is 10.4. The quantitative estimate of drug-likeness (QED) is 0.286. The monoisotopic (exact) mass is 454 g/mol. The molecule has 0 fully saturated rings. The van der Waals surface area contributed by atoms with Crippen molar-refractivity contribution in [2.45, 2.75) is 5.66 Å². The summed E-state index contributed by atoms with van der Waals surface area (Å²) in [6.07, 6.45) is 4.12. The Hall–Kier alpha value is -3.55. The van der Waals surface area contributed by atoms with Crippen LogP contribution in [0.25, 0.3) is 6.08 Å². The van der Waals surface area contributed by atoms with E-state index in [2.05, 4.69) is 12.2 Å². The molecule has 0 aliphatic rings. The normalized spacial score (nSPS) is 12.4. The summed E-state index contributed by atoms with van der Waals surface area (Å²) in [5.74, 6) is 1.47. The molecule has 0 heterocycles. The summed E-state index contributed by atoms with van der Waals surface area (Å²) in [6.45, 7) is 0. The lowest BCUT2D eigenvalue weighted by Crippen LogP contribution is -2.21. The van der Waals surface area contributed by atoms with Gasteiger partial charge in [-0.1, -0.05) is 72.8 Å². The van der Waals surface area contributed by atoms with Gasteiger partial charge in [0, 0.05) is 10.6 Å². The van der Waals surface area contributed by atoms with Gasteiger partial charge in [0.25, 0.3) is 0 Å². The van der Waals surface area contributed by atoms with Gasteiger partial charge in [0.05, 0.1) is 19.9 Å². The fourth-order valence-electron chi connectivity index (χ4n) is 3.94. The highest BCUT2D eigenvalue weighted by atomic mass is 31.2. The first-order chi connectivity index (χ1) is 16.1. The average molecular weight is 455 g/mol. The maximum absolute atomic E-state index is 15.2. The summed E-state index contributed by atoms with van der Waals surface area (Å²) in [4.78, 5) is 0. The van der Waals surface area contributed by atoms with Crippen molar-refractivity contribution >= 4 is 23.8 Å². The van der Waals surface area contributed by atoms with Gasteiger partial charge in [-0.2, -0.15) is 0 Å². The average Bonchev–Trinajstić information content (AvgIpc) is 2.90. The van der Waals surface area contributed by atoms with Gasteiger partial charge in [-0.3, -0.25) is 0 Å². The number of hydrogen-bond donors (Lipinski definition) is 0. The molecule has 0 aliphatic heterocycles. The van der Waals surface area contributed by atoms with Gasteiger partial charge >= 0.3 is 0 Å². The number of rotatable bonds is 8. The smallest absolute Gasteiger partial charge is 0.153 e. The van der Waals surface area contributed by atoms with E-state index in [9.17, 15) is 0 Å². The molecule has 0 spiro atoms. The molecule has 166 valence electrons. The van der Waals surface area contributed by atoms with Crippen molar-refractivity contribution in [3.63, 3.8) is 0 Å². The SMILES string of the molecule is COc1ccc(P(=O)(c2ccc(OC)cc2)C(C=Cc2ccccc2)c2ccccc2)cc1. The number of allylic oxidation sites excluding steroid dienone is 1. The van der Waals surface area contributed by atoms with Crippen LogP contribution in [0.1, 0.15) is 16.8 Å². The molecule has 4 heteroatoms. The second-order valence-electron chi connectivity index (χ2n) is 7.68. The Balaban J connectivity index is 1.92. The van der Waals surface area contributed by atoms with E-state index in [4.69, 9.17) is 9.47 Å². The zero-order chi connectivity index (χ0) is 23.1. The molecule has 0 saturated heterocycles. The van der Waals surface area contributed by atoms with Crippen LogP contribution in [0.5, 0.6) is 11.5 Å². The van der Waals surface area contributed by atoms with E-state index >= 15 is 4.57 Å². The van der Waals surface area contributed by atoms with E-state index in [1.807, 2.05) is 109 Å². The third-order valence-electron chi connectivity index (χ3n) is 5.72. The van der Waals surface area contributed by atoms with Gasteiger partial charge in [-0.25, -0.2) is 0 Å². The Kier molecular flexibility index (Phi) is 7.12. The minimum Gasteiger partial charge on any atom is -0.497 e. The number of methoxy groups -OCH3 is 2. The zero-order valence-corrected chi connectivity index (χ0v) is 19.7. The summed E-state index contributed by atoms with van der Waals surface area (Å²) in [6, 6.07) is 35.3. The van der Waals surface area contributed by atoms with E-state index in [1.54, 1.807) is 14.2 Å². The lowest BCUT2D eigenvalue weighted by molar-refractivity contribution is 0.415. The molecule has 4 rings (SSSR count). The van der Waals surface area contributed by atoms with Crippen molar-refractivity contribution in [3.8, 4) is 11.5 Å². The molecule has 0 saturated carbocycles. The molecule has 1 unspecified atom stereocenters. The number of benzene rings is 4. The van der Waals surface area contributed by atoms with Crippen molar-refractivity contribution in [2.75, 3.05) is 14.2 Å². The molecule has 0 aromatic heterocycles. The Bertz CT molecular complexity index is 1180. The van der Waals surface area contributed by atoms with Gasteiger partial charge in [-0.05, 0) is 59.7 Å². The number of ether oxygens (including phenoxy) is 2. The third kappa shape index (κ3) is 4.94. The minimum absolute atomic E-state index is 0.347. The summed E-state index contributed by atoms with van der Waals surface area (Å²) in [5.41, 5.74) is 1.72. The van der Waals surface area contributed by atoms with Crippen molar-refractivity contribution in [1.29, 1.82) is 0 Å². The highest BCUT2D eigenvalue weighted by Crippen LogP contribution is 2.58. The van der Waals surface area contributed by atoms with Crippen LogP contribution in [0.3, 0.4) is 0 Å². The van der Waals surface area contributed by atoms with Crippen molar-refractivity contribution in [3.05, 3.63) is 126 Å². The summed E-state index contributed by atoms with van der Waals surface area (Å²) in [7, 11) is 0.113. The van der Waals surface area contributed by atoms with Gasteiger partial charge < -0.3 is 14.0 Å². The molecule has 0 bridgehead atoms. The molecular formula is C29H27O3P. The fourth-order valence-corrected chi connectivity index (χ4v) is 6.98. The van der Waals surface area contributed by atoms with E-state index in [0.29, 0.717) is 0 Å². The highest BCUT2D eigenvalue weighted by Gasteiger charge is 2.36. The van der Waals surface area contributed by atoms with Crippen LogP contribution < -0.4 is 20.1 Å². The Morgan fingerprint density at radius 2 is 1.09 bits per heavy atom. The van der Waals surface area contributed by atoms with Crippen LogP contribution in [-0.2, 0) is 4.57 Å². The van der Waals surface area contributed by atoms with Gasteiger partial charge in [0.15, 0.2) is 7.14 Å². The Labute approximate surface area is 195 Å². The van der Waals surface area contributed by atoms with E-state index in [0.717, 1.165) is 33.2 Å². The second-order valence-corrected chi connectivity index (χ2v) is 10.6. The largest absolute Gasteiger partial charge is 0.497 e.